The van der Waals surface area contributed by atoms with Crippen LogP contribution in [-0.2, 0) is 21.2 Å². The molecule has 1 fully saturated rings. The van der Waals surface area contributed by atoms with Crippen molar-refractivity contribution in [2.45, 2.75) is 44.4 Å². The third kappa shape index (κ3) is 5.20. The highest BCUT2D eigenvalue weighted by atomic mass is 32.2. The van der Waals surface area contributed by atoms with Crippen LogP contribution in [0.15, 0.2) is 18.3 Å². The van der Waals surface area contributed by atoms with Gasteiger partial charge in [0.2, 0.25) is 5.91 Å². The number of aromatic nitrogens is 1. The van der Waals surface area contributed by atoms with Crippen molar-refractivity contribution >= 4 is 21.6 Å². The van der Waals surface area contributed by atoms with Gasteiger partial charge in [-0.1, -0.05) is 18.9 Å². The summed E-state index contributed by atoms with van der Waals surface area (Å²) < 4.78 is 22.7. The Morgan fingerprint density at radius 3 is 2.43 bits per heavy atom. The van der Waals surface area contributed by atoms with Gasteiger partial charge in [-0.15, -0.1) is 0 Å². The molecule has 1 unspecified atom stereocenters. The molecule has 0 spiro atoms. The van der Waals surface area contributed by atoms with Gasteiger partial charge in [0.05, 0.1) is 0 Å². The lowest BCUT2D eigenvalue weighted by Gasteiger charge is -2.21. The zero-order valence-electron chi connectivity index (χ0n) is 13.8. The molecule has 0 aliphatic carbocycles. The van der Waals surface area contributed by atoms with Gasteiger partial charge in [0.15, 0.2) is 9.84 Å². The van der Waals surface area contributed by atoms with Gasteiger partial charge in [0.25, 0.3) is 0 Å². The van der Waals surface area contributed by atoms with Gasteiger partial charge in [0.1, 0.15) is 11.1 Å². The molecule has 1 N–H and O–H groups in total. The van der Waals surface area contributed by atoms with Crippen molar-refractivity contribution in [3.63, 3.8) is 0 Å². The standard InChI is InChI=1S/C16H25N3O3S/c1-13(23(2,21)22)16(20)18-12-14-7-8-15(17-11-14)19-9-5-3-4-6-10-19/h7-8,11,13H,3-6,9-10,12H2,1-2H3,(H,18,20). The molecule has 1 aromatic rings. The van der Waals surface area contributed by atoms with E-state index in [1.807, 2.05) is 12.1 Å². The van der Waals surface area contributed by atoms with E-state index < -0.39 is 21.0 Å². The molecule has 7 heteroatoms. The molecule has 1 amide bonds. The number of carbonyl (C=O) groups is 1. The second-order valence-electron chi connectivity index (χ2n) is 6.12. The van der Waals surface area contributed by atoms with Crippen molar-refractivity contribution in [1.82, 2.24) is 10.3 Å². The van der Waals surface area contributed by atoms with Crippen molar-refractivity contribution in [2.24, 2.45) is 0 Å². The summed E-state index contributed by atoms with van der Waals surface area (Å²) in [5.74, 6) is 0.482. The summed E-state index contributed by atoms with van der Waals surface area (Å²) in [5, 5.41) is 1.61. The van der Waals surface area contributed by atoms with Crippen LogP contribution in [0.4, 0.5) is 5.82 Å². The highest BCUT2D eigenvalue weighted by Crippen LogP contribution is 2.17. The first-order valence-electron chi connectivity index (χ1n) is 8.04. The molecule has 2 heterocycles. The molecule has 0 aromatic carbocycles. The van der Waals surface area contributed by atoms with Crippen molar-refractivity contribution in [3.05, 3.63) is 23.9 Å². The molecule has 1 saturated heterocycles. The summed E-state index contributed by atoms with van der Waals surface area (Å²) in [6, 6.07) is 3.89. The molecule has 1 aromatic heterocycles. The number of nitrogens with zero attached hydrogens (tertiary/aromatic N) is 2. The van der Waals surface area contributed by atoms with Gasteiger partial charge in [-0.2, -0.15) is 0 Å². The fourth-order valence-electron chi connectivity index (χ4n) is 2.54. The number of hydrogen-bond acceptors (Lipinski definition) is 5. The summed E-state index contributed by atoms with van der Waals surface area (Å²) in [4.78, 5) is 18.6. The molecule has 0 radical (unpaired) electrons. The number of rotatable bonds is 5. The molecule has 0 bridgehead atoms. The van der Waals surface area contributed by atoms with Crippen molar-refractivity contribution in [3.8, 4) is 0 Å². The monoisotopic (exact) mass is 339 g/mol. The molecular formula is C16H25N3O3S. The van der Waals surface area contributed by atoms with E-state index >= 15 is 0 Å². The van der Waals surface area contributed by atoms with Gasteiger partial charge in [-0.05, 0) is 31.4 Å². The third-order valence-electron chi connectivity index (χ3n) is 4.22. The van der Waals surface area contributed by atoms with Crippen LogP contribution in [0.2, 0.25) is 0 Å². The number of nitrogens with one attached hydrogen (secondary N) is 1. The summed E-state index contributed by atoms with van der Waals surface area (Å²) in [7, 11) is -3.37. The van der Waals surface area contributed by atoms with E-state index in [0.717, 1.165) is 30.7 Å². The van der Waals surface area contributed by atoms with Crippen LogP contribution >= 0.6 is 0 Å². The minimum atomic E-state index is -3.37. The average molecular weight is 339 g/mol. The Labute approximate surface area is 138 Å². The molecule has 0 saturated carbocycles. The summed E-state index contributed by atoms with van der Waals surface area (Å²) in [6.07, 6.45) is 7.75. The predicted octanol–water partition coefficient (Wildman–Crippen LogP) is 1.51. The molecule has 2 rings (SSSR count). The summed E-state index contributed by atoms with van der Waals surface area (Å²) >= 11 is 0. The summed E-state index contributed by atoms with van der Waals surface area (Å²) in [5.41, 5.74) is 0.859. The largest absolute Gasteiger partial charge is 0.357 e. The highest BCUT2D eigenvalue weighted by molar-refractivity contribution is 7.92. The van der Waals surface area contributed by atoms with Gasteiger partial charge in [0, 0.05) is 32.1 Å². The maximum atomic E-state index is 11.8. The topological polar surface area (TPSA) is 79.4 Å². The average Bonchev–Trinajstić information content (AvgIpc) is 2.80. The van der Waals surface area contributed by atoms with Crippen LogP contribution in [-0.4, -0.2) is 43.9 Å². The predicted molar refractivity (Wildman–Crippen MR) is 91.1 cm³/mol. The third-order valence-corrected chi connectivity index (χ3v) is 5.72. The molecule has 23 heavy (non-hydrogen) atoms. The van der Waals surface area contributed by atoms with E-state index in [-0.39, 0.29) is 6.54 Å². The van der Waals surface area contributed by atoms with Gasteiger partial charge in [-0.3, -0.25) is 4.79 Å². The molecular weight excluding hydrogens is 314 g/mol. The Balaban J connectivity index is 1.91. The van der Waals surface area contributed by atoms with E-state index in [1.165, 1.54) is 32.6 Å². The second kappa shape index (κ2) is 7.77. The Morgan fingerprint density at radius 2 is 1.91 bits per heavy atom. The SMILES string of the molecule is CC(C(=O)NCc1ccc(N2CCCCCC2)nc1)S(C)(=O)=O. The number of anilines is 1. The maximum absolute atomic E-state index is 11.8. The van der Waals surface area contributed by atoms with Crippen LogP contribution in [0, 0.1) is 0 Å². The lowest BCUT2D eigenvalue weighted by Crippen LogP contribution is -2.37. The zero-order valence-corrected chi connectivity index (χ0v) is 14.6. The number of hydrogen-bond donors (Lipinski definition) is 1. The Bertz CT molecular complexity index is 620. The second-order valence-corrected chi connectivity index (χ2v) is 8.48. The minimum Gasteiger partial charge on any atom is -0.357 e. The Kier molecular flexibility index (Phi) is 5.98. The van der Waals surface area contributed by atoms with E-state index in [4.69, 9.17) is 0 Å². The van der Waals surface area contributed by atoms with E-state index in [1.54, 1.807) is 6.20 Å². The smallest absolute Gasteiger partial charge is 0.238 e. The first-order chi connectivity index (χ1) is 10.9. The summed E-state index contributed by atoms with van der Waals surface area (Å²) in [6.45, 7) is 3.75. The lowest BCUT2D eigenvalue weighted by atomic mass is 10.2. The van der Waals surface area contributed by atoms with E-state index in [0.29, 0.717) is 0 Å². The number of pyridine rings is 1. The fraction of sp³-hybridized carbons (Fsp3) is 0.625. The van der Waals surface area contributed by atoms with Gasteiger partial charge >= 0.3 is 0 Å². The van der Waals surface area contributed by atoms with E-state index in [2.05, 4.69) is 15.2 Å². The fourth-order valence-corrected chi connectivity index (χ4v) is 3.01. The molecule has 1 aliphatic rings. The molecule has 128 valence electrons. The van der Waals surface area contributed by atoms with Gasteiger partial charge < -0.3 is 10.2 Å². The van der Waals surface area contributed by atoms with E-state index in [9.17, 15) is 13.2 Å². The number of sulfone groups is 1. The molecule has 1 aliphatic heterocycles. The van der Waals surface area contributed by atoms with Crippen LogP contribution < -0.4 is 10.2 Å². The van der Waals surface area contributed by atoms with Crippen molar-refractivity contribution < 1.29 is 13.2 Å². The van der Waals surface area contributed by atoms with Crippen LogP contribution in [0.1, 0.15) is 38.2 Å². The number of amides is 1. The highest BCUT2D eigenvalue weighted by Gasteiger charge is 2.23. The van der Waals surface area contributed by atoms with Crippen molar-refractivity contribution in [1.29, 1.82) is 0 Å². The Hall–Kier alpha value is -1.63. The van der Waals surface area contributed by atoms with Crippen molar-refractivity contribution in [2.75, 3.05) is 24.2 Å². The maximum Gasteiger partial charge on any atom is 0.238 e. The van der Waals surface area contributed by atoms with Crippen LogP contribution in [0.3, 0.4) is 0 Å². The normalized spacial score (nSPS) is 17.4. The minimum absolute atomic E-state index is 0.284. The zero-order chi connectivity index (χ0) is 16.9. The first kappa shape index (κ1) is 17.7. The lowest BCUT2D eigenvalue weighted by molar-refractivity contribution is -0.120. The van der Waals surface area contributed by atoms with Gasteiger partial charge in [-0.25, -0.2) is 13.4 Å². The number of carbonyl (C=O) groups excluding carboxylic acids is 1. The van der Waals surface area contributed by atoms with Crippen LogP contribution in [0.25, 0.3) is 0 Å². The first-order valence-corrected chi connectivity index (χ1v) is 10.00. The molecule has 6 nitrogen and oxygen atoms in total. The Morgan fingerprint density at radius 1 is 1.26 bits per heavy atom. The van der Waals surface area contributed by atoms with Crippen LogP contribution in [0.5, 0.6) is 0 Å². The molecule has 1 atom stereocenters. The quantitative estimate of drug-likeness (QED) is 0.880.